The van der Waals surface area contributed by atoms with Gasteiger partial charge in [0.25, 0.3) is 5.91 Å². The fraction of sp³-hybridized carbons (Fsp3) is 0.238. The van der Waals surface area contributed by atoms with Gasteiger partial charge in [0.05, 0.1) is 23.4 Å². The molecule has 1 fully saturated rings. The third kappa shape index (κ3) is 4.09. The number of nitrogens with one attached hydrogen (secondary N) is 1. The molecular formula is C21H20N4O2S. The highest BCUT2D eigenvalue weighted by atomic mass is 32.1. The van der Waals surface area contributed by atoms with Gasteiger partial charge in [-0.2, -0.15) is 0 Å². The number of carbonyl (C=O) groups excluding carboxylic acids is 2. The van der Waals surface area contributed by atoms with Crippen LogP contribution in [0.1, 0.15) is 28.9 Å². The lowest BCUT2D eigenvalue weighted by molar-refractivity contribution is -0.115. The molecule has 1 aliphatic rings. The maximum absolute atomic E-state index is 12.7. The second kappa shape index (κ2) is 8.31. The maximum atomic E-state index is 12.7. The van der Waals surface area contributed by atoms with Crippen LogP contribution in [-0.4, -0.2) is 39.8 Å². The van der Waals surface area contributed by atoms with E-state index in [0.29, 0.717) is 16.9 Å². The molecular weight excluding hydrogens is 372 g/mol. The molecule has 1 aromatic carbocycles. The number of benzene rings is 1. The van der Waals surface area contributed by atoms with E-state index < -0.39 is 0 Å². The molecule has 3 heterocycles. The van der Waals surface area contributed by atoms with Crippen LogP contribution in [0.25, 0.3) is 10.6 Å². The van der Waals surface area contributed by atoms with Crippen LogP contribution in [0.3, 0.4) is 0 Å². The highest BCUT2D eigenvalue weighted by molar-refractivity contribution is 7.13. The van der Waals surface area contributed by atoms with Crippen LogP contribution in [0, 0.1) is 0 Å². The Hall–Kier alpha value is -3.06. The molecule has 1 saturated heterocycles. The van der Waals surface area contributed by atoms with Crippen LogP contribution in [0.2, 0.25) is 0 Å². The Labute approximate surface area is 167 Å². The monoisotopic (exact) mass is 392 g/mol. The maximum Gasteiger partial charge on any atom is 0.255 e. The zero-order valence-corrected chi connectivity index (χ0v) is 16.1. The molecule has 0 bridgehead atoms. The number of pyridine rings is 1. The number of hydrogen-bond acceptors (Lipinski definition) is 5. The van der Waals surface area contributed by atoms with Crippen molar-refractivity contribution in [3.05, 3.63) is 65.4 Å². The van der Waals surface area contributed by atoms with E-state index in [-0.39, 0.29) is 18.2 Å². The first kappa shape index (κ1) is 18.3. The van der Waals surface area contributed by atoms with Crippen molar-refractivity contribution in [1.29, 1.82) is 0 Å². The normalized spacial score (nSPS) is 13.5. The van der Waals surface area contributed by atoms with Crippen LogP contribution < -0.4 is 5.32 Å². The molecule has 6 nitrogen and oxygen atoms in total. The minimum absolute atomic E-state index is 0.0269. The Balaban J connectivity index is 1.45. The number of hydrogen-bond donors (Lipinski definition) is 1. The summed E-state index contributed by atoms with van der Waals surface area (Å²) in [6.07, 6.45) is 5.69. The molecule has 2 aromatic heterocycles. The topological polar surface area (TPSA) is 75.2 Å². The highest BCUT2D eigenvalue weighted by Gasteiger charge is 2.22. The van der Waals surface area contributed by atoms with Crippen molar-refractivity contribution in [2.75, 3.05) is 18.4 Å². The molecule has 3 aromatic rings. The summed E-state index contributed by atoms with van der Waals surface area (Å²) in [6, 6.07) is 11.0. The Kier molecular flexibility index (Phi) is 5.43. The summed E-state index contributed by atoms with van der Waals surface area (Å²) < 4.78 is 0. The molecule has 7 heteroatoms. The predicted molar refractivity (Wildman–Crippen MR) is 109 cm³/mol. The molecule has 0 radical (unpaired) electrons. The lowest BCUT2D eigenvalue weighted by Crippen LogP contribution is -2.29. The van der Waals surface area contributed by atoms with E-state index in [1.165, 1.54) is 11.3 Å². The second-order valence-corrected chi connectivity index (χ2v) is 7.51. The number of amides is 2. The fourth-order valence-electron chi connectivity index (χ4n) is 3.24. The van der Waals surface area contributed by atoms with Crippen molar-refractivity contribution in [2.45, 2.75) is 19.3 Å². The number of rotatable bonds is 5. The van der Waals surface area contributed by atoms with E-state index in [1.807, 2.05) is 34.5 Å². The van der Waals surface area contributed by atoms with Crippen molar-refractivity contribution in [3.8, 4) is 10.6 Å². The Bertz CT molecular complexity index is 981. The average Bonchev–Trinajstić information content (AvgIpc) is 3.41. The quantitative estimate of drug-likeness (QED) is 0.720. The number of carbonyl (C=O) groups is 2. The van der Waals surface area contributed by atoms with Gasteiger partial charge in [0, 0.05) is 36.4 Å². The van der Waals surface area contributed by atoms with Gasteiger partial charge in [-0.05, 0) is 37.1 Å². The zero-order valence-electron chi connectivity index (χ0n) is 15.3. The number of nitrogens with zero attached hydrogens (tertiary/aromatic N) is 3. The van der Waals surface area contributed by atoms with E-state index in [9.17, 15) is 9.59 Å². The smallest absolute Gasteiger partial charge is 0.255 e. The second-order valence-electron chi connectivity index (χ2n) is 6.66. The van der Waals surface area contributed by atoms with E-state index in [2.05, 4.69) is 15.3 Å². The van der Waals surface area contributed by atoms with Crippen molar-refractivity contribution < 1.29 is 9.59 Å². The highest BCUT2D eigenvalue weighted by Crippen LogP contribution is 2.24. The Morgan fingerprint density at radius 2 is 1.93 bits per heavy atom. The van der Waals surface area contributed by atoms with Crippen LogP contribution in [0.15, 0.2) is 54.2 Å². The lowest BCUT2D eigenvalue weighted by Gasteiger charge is -2.17. The summed E-state index contributed by atoms with van der Waals surface area (Å²) >= 11 is 1.48. The summed E-state index contributed by atoms with van der Waals surface area (Å²) in [5.41, 5.74) is 2.71. The van der Waals surface area contributed by atoms with Crippen molar-refractivity contribution in [1.82, 2.24) is 14.9 Å². The van der Waals surface area contributed by atoms with Crippen LogP contribution in [0.5, 0.6) is 0 Å². The van der Waals surface area contributed by atoms with E-state index >= 15 is 0 Å². The van der Waals surface area contributed by atoms with Crippen molar-refractivity contribution >= 4 is 28.8 Å². The summed E-state index contributed by atoms with van der Waals surface area (Å²) in [7, 11) is 0. The Morgan fingerprint density at radius 1 is 1.11 bits per heavy atom. The minimum atomic E-state index is -0.190. The fourth-order valence-corrected chi connectivity index (χ4v) is 4.05. The lowest BCUT2D eigenvalue weighted by atomic mass is 10.1. The summed E-state index contributed by atoms with van der Waals surface area (Å²) in [5.74, 6) is -0.217. The molecule has 0 unspecified atom stereocenters. The summed E-state index contributed by atoms with van der Waals surface area (Å²) in [4.78, 5) is 35.7. The number of likely N-dealkylation sites (tertiary alicyclic amines) is 1. The molecule has 0 atom stereocenters. The van der Waals surface area contributed by atoms with Gasteiger partial charge in [0.15, 0.2) is 0 Å². The van der Waals surface area contributed by atoms with Gasteiger partial charge in [-0.1, -0.05) is 12.1 Å². The largest absolute Gasteiger partial charge is 0.339 e. The molecule has 0 aliphatic carbocycles. The van der Waals surface area contributed by atoms with Crippen molar-refractivity contribution in [2.24, 2.45) is 0 Å². The van der Waals surface area contributed by atoms with E-state index in [4.69, 9.17) is 0 Å². The number of anilines is 1. The molecule has 4 rings (SSSR count). The third-order valence-corrected chi connectivity index (χ3v) is 5.57. The summed E-state index contributed by atoms with van der Waals surface area (Å²) in [5, 5.41) is 5.59. The molecule has 142 valence electrons. The predicted octanol–water partition coefficient (Wildman–Crippen LogP) is 3.62. The zero-order chi connectivity index (χ0) is 19.3. The van der Waals surface area contributed by atoms with Crippen LogP contribution >= 0.6 is 11.3 Å². The standard InChI is InChI=1S/C21H20N4O2S/c26-19(12-16-14-28-20(23-16)15-6-5-9-22-13-15)24-18-8-2-1-7-17(18)21(27)25-10-3-4-11-25/h1-2,5-9,13-14H,3-4,10-12H2,(H,24,26). The SMILES string of the molecule is O=C(Cc1csc(-c2cccnc2)n1)Nc1ccccc1C(=O)N1CCCC1. The Morgan fingerprint density at radius 3 is 2.71 bits per heavy atom. The van der Waals surface area contributed by atoms with E-state index in [1.54, 1.807) is 24.5 Å². The molecule has 1 aliphatic heterocycles. The molecule has 2 amide bonds. The molecule has 0 saturated carbocycles. The minimum Gasteiger partial charge on any atom is -0.339 e. The molecule has 1 N–H and O–H groups in total. The van der Waals surface area contributed by atoms with Gasteiger partial charge in [0.2, 0.25) is 5.91 Å². The van der Waals surface area contributed by atoms with Crippen molar-refractivity contribution in [3.63, 3.8) is 0 Å². The van der Waals surface area contributed by atoms with Gasteiger partial charge < -0.3 is 10.2 Å². The van der Waals surface area contributed by atoms with Gasteiger partial charge >= 0.3 is 0 Å². The molecule has 0 spiro atoms. The summed E-state index contributed by atoms with van der Waals surface area (Å²) in [6.45, 7) is 1.55. The number of aromatic nitrogens is 2. The van der Waals surface area contributed by atoms with Gasteiger partial charge in [0.1, 0.15) is 5.01 Å². The average molecular weight is 392 g/mol. The first-order valence-corrected chi connectivity index (χ1v) is 10.1. The molecule has 28 heavy (non-hydrogen) atoms. The van der Waals surface area contributed by atoms with Crippen LogP contribution in [-0.2, 0) is 11.2 Å². The van der Waals surface area contributed by atoms with Gasteiger partial charge in [-0.25, -0.2) is 4.98 Å². The van der Waals surface area contributed by atoms with Gasteiger partial charge in [-0.3, -0.25) is 14.6 Å². The first-order valence-electron chi connectivity index (χ1n) is 9.23. The number of thiazole rings is 1. The number of para-hydroxylation sites is 1. The first-order chi connectivity index (χ1) is 13.7. The third-order valence-electron chi connectivity index (χ3n) is 4.63. The van der Waals surface area contributed by atoms with Crippen LogP contribution in [0.4, 0.5) is 5.69 Å². The van der Waals surface area contributed by atoms with Gasteiger partial charge in [-0.15, -0.1) is 11.3 Å². The van der Waals surface area contributed by atoms with E-state index in [0.717, 1.165) is 36.5 Å².